The van der Waals surface area contributed by atoms with Crippen LogP contribution in [0.4, 0.5) is 4.79 Å². The molecule has 16 heteroatoms. The number of pyridine rings is 1. The van der Waals surface area contributed by atoms with Crippen molar-refractivity contribution >= 4 is 56.6 Å². The van der Waals surface area contributed by atoms with Crippen LogP contribution in [0.1, 0.15) is 57.4 Å². The molecule has 3 N–H and O–H groups in total. The van der Waals surface area contributed by atoms with Crippen molar-refractivity contribution in [3.63, 3.8) is 0 Å². The number of amides is 5. The molecule has 4 atom stereocenters. The van der Waals surface area contributed by atoms with Crippen molar-refractivity contribution in [1.29, 1.82) is 0 Å². The minimum Gasteiger partial charge on any atom is -0.472 e. The van der Waals surface area contributed by atoms with Gasteiger partial charge in [0.25, 0.3) is 5.91 Å². The van der Waals surface area contributed by atoms with Crippen LogP contribution in [0.5, 0.6) is 5.88 Å². The summed E-state index contributed by atoms with van der Waals surface area (Å²) in [4.78, 5) is 73.4. The number of nitrogens with zero attached hydrogens (tertiary/aromatic N) is 3. The largest absolute Gasteiger partial charge is 0.472 e. The minimum absolute atomic E-state index is 0.0265. The number of rotatable bonds is 11. The van der Waals surface area contributed by atoms with Crippen LogP contribution in [0, 0.1) is 5.92 Å². The number of aromatic nitrogens is 1. The van der Waals surface area contributed by atoms with Gasteiger partial charge in [-0.2, -0.15) is 0 Å². The van der Waals surface area contributed by atoms with E-state index in [1.807, 2.05) is 43.3 Å². The fourth-order valence-electron chi connectivity index (χ4n) is 6.82. The van der Waals surface area contributed by atoms with Crippen LogP contribution in [0.3, 0.4) is 0 Å². The molecule has 0 unspecified atom stereocenters. The van der Waals surface area contributed by atoms with E-state index in [0.717, 1.165) is 16.3 Å². The highest BCUT2D eigenvalue weighted by molar-refractivity contribution is 7.91. The molecule has 54 heavy (non-hydrogen) atoms. The number of sulfonamides is 1. The maximum Gasteiger partial charge on any atom is 0.407 e. The number of allylic oxidation sites excluding steroid dienone is 1. The Morgan fingerprint density at radius 3 is 2.78 bits per heavy atom. The molecule has 2 aliphatic heterocycles. The summed E-state index contributed by atoms with van der Waals surface area (Å²) in [5.74, 6) is -2.55. The van der Waals surface area contributed by atoms with E-state index in [0.29, 0.717) is 51.1 Å². The van der Waals surface area contributed by atoms with E-state index in [-0.39, 0.29) is 31.9 Å². The van der Waals surface area contributed by atoms with Crippen molar-refractivity contribution in [2.75, 3.05) is 32.8 Å². The Hall–Kier alpha value is -5.25. The van der Waals surface area contributed by atoms with E-state index in [1.165, 1.54) is 11.0 Å². The van der Waals surface area contributed by atoms with Gasteiger partial charge in [0.15, 0.2) is 0 Å². The zero-order valence-electron chi connectivity index (χ0n) is 30.2. The molecule has 15 nitrogen and oxygen atoms in total. The predicted octanol–water partition coefficient (Wildman–Crippen LogP) is 2.58. The van der Waals surface area contributed by atoms with Gasteiger partial charge < -0.3 is 29.9 Å². The van der Waals surface area contributed by atoms with Gasteiger partial charge in [-0.05, 0) is 74.6 Å². The number of fused-ring (bicyclic) bond motifs is 3. The van der Waals surface area contributed by atoms with Gasteiger partial charge in [0.05, 0.1) is 18.4 Å². The second-order valence-corrected chi connectivity index (χ2v) is 15.9. The number of ether oxygens (including phenoxy) is 2. The van der Waals surface area contributed by atoms with Gasteiger partial charge in [-0.3, -0.25) is 23.9 Å². The van der Waals surface area contributed by atoms with E-state index < -0.39 is 69.2 Å². The predicted molar refractivity (Wildman–Crippen MR) is 199 cm³/mol. The van der Waals surface area contributed by atoms with Gasteiger partial charge in [0.1, 0.15) is 24.2 Å². The number of alkyl carbamates (subject to hydrolysis) is 1. The monoisotopic (exact) mass is 762 g/mol. The van der Waals surface area contributed by atoms with Crippen molar-refractivity contribution in [3.05, 3.63) is 66.9 Å². The van der Waals surface area contributed by atoms with Crippen LogP contribution in [0.2, 0.25) is 0 Å². The molecule has 2 aromatic rings. The number of carbonyl (C=O) groups is 5. The van der Waals surface area contributed by atoms with Gasteiger partial charge in [0, 0.05) is 37.0 Å². The molecule has 1 aromatic carbocycles. The third-order valence-electron chi connectivity index (χ3n) is 10.1. The maximum atomic E-state index is 14.2. The van der Waals surface area contributed by atoms with Crippen molar-refractivity contribution in [2.24, 2.45) is 5.92 Å². The fraction of sp³-hybridized carbons (Fsp3) is 0.474. The number of likely N-dealkylation sites (N-methyl/N-ethyl adjacent to an activating group) is 1. The third-order valence-corrected chi connectivity index (χ3v) is 11.9. The van der Waals surface area contributed by atoms with Crippen LogP contribution in [0.15, 0.2) is 61.3 Å². The standard InChI is InChI=1S/C38H46N6O9S/c1-3-32(45)43(4-2)18-8-7-11-27-22-38(27,36(48)42-54(50,51)29-14-15-29)41-34(47)31-21-28-24-44(31)33(46)23-40-37(49)52-19-9-5-6-10-25-12-13-26-16-17-39-35(53-28)30(26)20-25/h3,6-7,10-13,16-17,20,27-29,31H,1,4-5,8-9,14-15,18-19,21-24H2,2H3,(H,40,49)(H,41,47)(H,42,48)/b10-6+,11-7-/t27-,28-,31+,38-/m1/s1. The Balaban J connectivity index is 1.24. The summed E-state index contributed by atoms with van der Waals surface area (Å²) in [5.41, 5.74) is -0.686. The fourth-order valence-corrected chi connectivity index (χ4v) is 8.18. The van der Waals surface area contributed by atoms with Crippen LogP contribution >= 0.6 is 0 Å². The summed E-state index contributed by atoms with van der Waals surface area (Å²) >= 11 is 0. The van der Waals surface area contributed by atoms with Crippen molar-refractivity contribution < 1.29 is 41.9 Å². The number of hydrogen-bond acceptors (Lipinski definition) is 10. The molecule has 2 saturated carbocycles. The lowest BCUT2D eigenvalue weighted by Gasteiger charge is -2.26. The Morgan fingerprint density at radius 2 is 2.02 bits per heavy atom. The smallest absolute Gasteiger partial charge is 0.407 e. The molecule has 4 aliphatic rings. The topological polar surface area (TPSA) is 193 Å². The molecule has 3 fully saturated rings. The Morgan fingerprint density at radius 1 is 1.20 bits per heavy atom. The van der Waals surface area contributed by atoms with Crippen molar-refractivity contribution in [1.82, 2.24) is 30.1 Å². The highest BCUT2D eigenvalue weighted by atomic mass is 32.2. The van der Waals surface area contributed by atoms with Crippen molar-refractivity contribution in [2.45, 2.75) is 74.8 Å². The first-order chi connectivity index (χ1) is 25.9. The normalized spacial score (nSPS) is 25.1. The van der Waals surface area contributed by atoms with E-state index in [4.69, 9.17) is 9.47 Å². The molecule has 6 rings (SSSR count). The summed E-state index contributed by atoms with van der Waals surface area (Å²) in [6.45, 7) is 5.92. The first-order valence-electron chi connectivity index (χ1n) is 18.3. The van der Waals surface area contributed by atoms with E-state index in [1.54, 1.807) is 23.2 Å². The number of cyclic esters (lactones) is 1. The number of hydrogen-bond donors (Lipinski definition) is 3. The molecule has 288 valence electrons. The second-order valence-electron chi connectivity index (χ2n) is 14.0. The molecular weight excluding hydrogens is 717 g/mol. The Bertz CT molecular complexity index is 1980. The number of carbonyl (C=O) groups excluding carboxylic acids is 5. The summed E-state index contributed by atoms with van der Waals surface area (Å²) in [6, 6.07) is 6.59. The Labute approximate surface area is 314 Å². The quantitative estimate of drug-likeness (QED) is 0.226. The van der Waals surface area contributed by atoms with Gasteiger partial charge in [-0.15, -0.1) is 0 Å². The Kier molecular flexibility index (Phi) is 11.7. The van der Waals surface area contributed by atoms with E-state index >= 15 is 0 Å². The van der Waals surface area contributed by atoms with E-state index in [9.17, 15) is 32.4 Å². The summed E-state index contributed by atoms with van der Waals surface area (Å²) in [6.07, 6.45) is 11.6. The van der Waals surface area contributed by atoms with Gasteiger partial charge >= 0.3 is 6.09 Å². The zero-order valence-corrected chi connectivity index (χ0v) is 31.0. The van der Waals surface area contributed by atoms with Crippen LogP contribution in [-0.2, 0) is 33.9 Å². The van der Waals surface area contributed by atoms with Crippen LogP contribution in [-0.4, -0.2) is 109 Å². The lowest BCUT2D eigenvalue weighted by atomic mass is 10.1. The number of nitrogens with one attached hydrogen (secondary N) is 3. The molecule has 0 radical (unpaired) electrons. The zero-order chi connectivity index (χ0) is 38.5. The second kappa shape index (κ2) is 16.4. The minimum atomic E-state index is -3.95. The molecule has 0 spiro atoms. The average molecular weight is 763 g/mol. The van der Waals surface area contributed by atoms with Gasteiger partial charge in [-0.25, -0.2) is 18.2 Å². The van der Waals surface area contributed by atoms with Gasteiger partial charge in [-0.1, -0.05) is 43.0 Å². The maximum absolute atomic E-state index is 14.2. The lowest BCUT2D eigenvalue weighted by molar-refractivity contribution is -0.139. The summed E-state index contributed by atoms with van der Waals surface area (Å²) < 4.78 is 39.5. The molecule has 5 amide bonds. The summed E-state index contributed by atoms with van der Waals surface area (Å²) in [5, 5.41) is 6.24. The highest BCUT2D eigenvalue weighted by Crippen LogP contribution is 2.46. The molecule has 4 bridgehead atoms. The lowest BCUT2D eigenvalue weighted by Crippen LogP contribution is -2.57. The highest BCUT2D eigenvalue weighted by Gasteiger charge is 2.62. The summed E-state index contributed by atoms with van der Waals surface area (Å²) in [7, 11) is -3.95. The first-order valence-corrected chi connectivity index (χ1v) is 19.9. The molecule has 1 aromatic heterocycles. The molecule has 3 heterocycles. The molecule has 2 aliphatic carbocycles. The van der Waals surface area contributed by atoms with E-state index in [2.05, 4.69) is 26.9 Å². The molecule has 1 saturated heterocycles. The van der Waals surface area contributed by atoms with Crippen LogP contribution < -0.4 is 20.1 Å². The average Bonchev–Trinajstić information content (AvgIpc) is 4.08. The number of benzene rings is 1. The van der Waals surface area contributed by atoms with Gasteiger partial charge in [0.2, 0.25) is 33.6 Å². The third kappa shape index (κ3) is 8.92. The first kappa shape index (κ1) is 38.5. The van der Waals surface area contributed by atoms with Crippen LogP contribution in [0.25, 0.3) is 16.8 Å². The SMILES string of the molecule is C=CC(=O)N(CC)CC/C=C\[C@@H]1C[C@]1(NC(=O)[C@@H]1C[C@@H]2CN1C(=O)CNC(=O)OCCC/C=C/c1ccc3ccnc(c3c1)O2)C(=O)NS(=O)(=O)C1CC1. The van der Waals surface area contributed by atoms with Crippen molar-refractivity contribution in [3.8, 4) is 5.88 Å². The molecular formula is C38H46N6O9S.